The van der Waals surface area contributed by atoms with Gasteiger partial charge in [0.15, 0.2) is 0 Å². The third kappa shape index (κ3) is 7.29. The van der Waals surface area contributed by atoms with Crippen LogP contribution in [0.15, 0.2) is 48.5 Å². The highest BCUT2D eigenvalue weighted by molar-refractivity contribution is 5.34. The van der Waals surface area contributed by atoms with Crippen LogP contribution in [0.3, 0.4) is 0 Å². The molecule has 136 valence electrons. The fraction of sp³-hybridized carbons (Fsp3) is 0.455. The normalized spacial score (nSPS) is 10.8. The molecule has 0 radical (unpaired) electrons. The van der Waals surface area contributed by atoms with Crippen molar-refractivity contribution in [1.29, 1.82) is 0 Å². The standard InChI is InChI=1S/C22H31NO2/c1-3-4-15-24-16-9-14-23-17-20-11-7-8-13-22(20)25-18-21-12-6-5-10-19(21)2/h5-8,10-13,23H,3-4,9,14-18H2,1-2H3. The number of hydrogen-bond donors (Lipinski definition) is 1. The zero-order chi connectivity index (χ0) is 17.7. The minimum absolute atomic E-state index is 0.606. The van der Waals surface area contributed by atoms with Gasteiger partial charge in [-0.3, -0.25) is 0 Å². The summed E-state index contributed by atoms with van der Waals surface area (Å²) in [6.45, 7) is 8.40. The zero-order valence-electron chi connectivity index (χ0n) is 15.6. The van der Waals surface area contributed by atoms with Crippen molar-refractivity contribution in [2.24, 2.45) is 0 Å². The molecule has 3 heteroatoms. The summed E-state index contributed by atoms with van der Waals surface area (Å²) in [5.74, 6) is 0.956. The molecule has 0 amide bonds. The van der Waals surface area contributed by atoms with E-state index in [0.717, 1.165) is 44.9 Å². The van der Waals surface area contributed by atoms with Gasteiger partial charge in [-0.15, -0.1) is 0 Å². The molecule has 0 aliphatic heterocycles. The smallest absolute Gasteiger partial charge is 0.124 e. The Labute approximate surface area is 152 Å². The Balaban J connectivity index is 1.73. The van der Waals surface area contributed by atoms with E-state index in [2.05, 4.69) is 55.6 Å². The zero-order valence-corrected chi connectivity index (χ0v) is 15.6. The molecule has 0 atom stereocenters. The highest BCUT2D eigenvalue weighted by atomic mass is 16.5. The summed E-state index contributed by atoms with van der Waals surface area (Å²) in [6, 6.07) is 16.6. The largest absolute Gasteiger partial charge is 0.489 e. The van der Waals surface area contributed by atoms with Gasteiger partial charge in [0.05, 0.1) is 0 Å². The van der Waals surface area contributed by atoms with Crippen LogP contribution in [0.1, 0.15) is 42.9 Å². The number of benzene rings is 2. The fourth-order valence-corrected chi connectivity index (χ4v) is 2.59. The van der Waals surface area contributed by atoms with Gasteiger partial charge >= 0.3 is 0 Å². The second kappa shape index (κ2) is 11.7. The summed E-state index contributed by atoms with van der Waals surface area (Å²) in [4.78, 5) is 0. The van der Waals surface area contributed by atoms with Crippen LogP contribution in [0.25, 0.3) is 0 Å². The molecule has 2 rings (SSSR count). The van der Waals surface area contributed by atoms with Crippen molar-refractivity contribution in [2.75, 3.05) is 19.8 Å². The maximum atomic E-state index is 6.06. The van der Waals surface area contributed by atoms with E-state index in [0.29, 0.717) is 6.61 Å². The number of nitrogens with one attached hydrogen (secondary N) is 1. The highest BCUT2D eigenvalue weighted by Crippen LogP contribution is 2.20. The van der Waals surface area contributed by atoms with E-state index in [9.17, 15) is 0 Å². The first kappa shape index (κ1) is 19.5. The summed E-state index contributed by atoms with van der Waals surface area (Å²) in [5, 5.41) is 3.48. The first-order chi connectivity index (χ1) is 12.3. The van der Waals surface area contributed by atoms with Crippen molar-refractivity contribution in [3.8, 4) is 5.75 Å². The lowest BCUT2D eigenvalue weighted by Crippen LogP contribution is -2.17. The van der Waals surface area contributed by atoms with Crippen LogP contribution in [0.2, 0.25) is 0 Å². The highest BCUT2D eigenvalue weighted by Gasteiger charge is 2.04. The average Bonchev–Trinajstić information content (AvgIpc) is 2.64. The van der Waals surface area contributed by atoms with Crippen molar-refractivity contribution in [2.45, 2.75) is 46.3 Å². The van der Waals surface area contributed by atoms with Crippen molar-refractivity contribution in [1.82, 2.24) is 5.32 Å². The predicted octanol–water partition coefficient (Wildman–Crippen LogP) is 4.87. The summed E-state index contributed by atoms with van der Waals surface area (Å²) < 4.78 is 11.6. The quantitative estimate of drug-likeness (QED) is 0.559. The molecule has 1 N–H and O–H groups in total. The van der Waals surface area contributed by atoms with Gasteiger partial charge in [-0.25, -0.2) is 0 Å². The van der Waals surface area contributed by atoms with E-state index in [-0.39, 0.29) is 0 Å². The fourth-order valence-electron chi connectivity index (χ4n) is 2.59. The molecular weight excluding hydrogens is 310 g/mol. The van der Waals surface area contributed by atoms with Crippen LogP contribution in [-0.4, -0.2) is 19.8 Å². The van der Waals surface area contributed by atoms with Crippen molar-refractivity contribution in [3.63, 3.8) is 0 Å². The molecule has 0 aliphatic carbocycles. The van der Waals surface area contributed by atoms with Crippen molar-refractivity contribution < 1.29 is 9.47 Å². The van der Waals surface area contributed by atoms with Crippen molar-refractivity contribution in [3.05, 3.63) is 65.2 Å². The van der Waals surface area contributed by atoms with E-state index < -0.39 is 0 Å². The monoisotopic (exact) mass is 341 g/mol. The molecule has 2 aromatic rings. The third-order valence-electron chi connectivity index (χ3n) is 4.22. The average molecular weight is 341 g/mol. The van der Waals surface area contributed by atoms with E-state index in [4.69, 9.17) is 9.47 Å². The van der Waals surface area contributed by atoms with Gasteiger partial charge in [0.2, 0.25) is 0 Å². The first-order valence-corrected chi connectivity index (χ1v) is 9.35. The molecule has 25 heavy (non-hydrogen) atoms. The lowest BCUT2D eigenvalue weighted by Gasteiger charge is -2.13. The van der Waals surface area contributed by atoms with E-state index in [1.54, 1.807) is 0 Å². The van der Waals surface area contributed by atoms with Crippen LogP contribution in [0, 0.1) is 6.92 Å². The van der Waals surface area contributed by atoms with Crippen LogP contribution in [0.5, 0.6) is 5.75 Å². The van der Waals surface area contributed by atoms with Gasteiger partial charge < -0.3 is 14.8 Å². The van der Waals surface area contributed by atoms with E-state index in [1.165, 1.54) is 23.1 Å². The summed E-state index contributed by atoms with van der Waals surface area (Å²) >= 11 is 0. The SMILES string of the molecule is CCCCOCCCNCc1ccccc1OCc1ccccc1C. The Morgan fingerprint density at radius 1 is 0.880 bits per heavy atom. The molecule has 0 saturated carbocycles. The Kier molecular flexibility index (Phi) is 9.09. The molecule has 2 aromatic carbocycles. The van der Waals surface area contributed by atoms with Crippen LogP contribution in [-0.2, 0) is 17.9 Å². The molecule has 0 heterocycles. The van der Waals surface area contributed by atoms with E-state index in [1.807, 2.05) is 12.1 Å². The van der Waals surface area contributed by atoms with Crippen LogP contribution < -0.4 is 10.1 Å². The number of para-hydroxylation sites is 1. The minimum Gasteiger partial charge on any atom is -0.489 e. The number of ether oxygens (including phenoxy) is 2. The van der Waals surface area contributed by atoms with Gasteiger partial charge in [0.1, 0.15) is 12.4 Å². The second-order valence-electron chi connectivity index (χ2n) is 6.32. The van der Waals surface area contributed by atoms with Gasteiger partial charge in [-0.2, -0.15) is 0 Å². The molecular formula is C22H31NO2. The molecule has 0 bridgehead atoms. The maximum absolute atomic E-state index is 6.06. The summed E-state index contributed by atoms with van der Waals surface area (Å²) in [6.07, 6.45) is 3.38. The summed E-state index contributed by atoms with van der Waals surface area (Å²) in [5.41, 5.74) is 3.69. The number of rotatable bonds is 12. The molecule has 0 spiro atoms. The topological polar surface area (TPSA) is 30.5 Å². The van der Waals surface area contributed by atoms with Gasteiger partial charge in [-0.1, -0.05) is 55.8 Å². The van der Waals surface area contributed by atoms with E-state index >= 15 is 0 Å². The van der Waals surface area contributed by atoms with Gasteiger partial charge in [-0.05, 0) is 43.5 Å². The lowest BCUT2D eigenvalue weighted by atomic mass is 10.1. The van der Waals surface area contributed by atoms with Gasteiger partial charge in [0, 0.05) is 25.3 Å². The lowest BCUT2D eigenvalue weighted by molar-refractivity contribution is 0.128. The predicted molar refractivity (Wildman–Crippen MR) is 104 cm³/mol. The molecule has 0 aliphatic rings. The Morgan fingerprint density at radius 3 is 2.40 bits per heavy atom. The molecule has 3 nitrogen and oxygen atoms in total. The van der Waals surface area contributed by atoms with Crippen LogP contribution >= 0.6 is 0 Å². The Bertz CT molecular complexity index is 612. The molecule has 0 unspecified atom stereocenters. The molecule has 0 aromatic heterocycles. The molecule has 0 fully saturated rings. The first-order valence-electron chi connectivity index (χ1n) is 9.35. The summed E-state index contributed by atoms with van der Waals surface area (Å²) in [7, 11) is 0. The minimum atomic E-state index is 0.606. The maximum Gasteiger partial charge on any atom is 0.124 e. The number of hydrogen-bond acceptors (Lipinski definition) is 3. The molecule has 0 saturated heterocycles. The van der Waals surface area contributed by atoms with Crippen molar-refractivity contribution >= 4 is 0 Å². The second-order valence-corrected chi connectivity index (χ2v) is 6.32. The van der Waals surface area contributed by atoms with Gasteiger partial charge in [0.25, 0.3) is 0 Å². The number of aryl methyl sites for hydroxylation is 1. The Hall–Kier alpha value is -1.84. The number of unbranched alkanes of at least 4 members (excludes halogenated alkanes) is 1. The van der Waals surface area contributed by atoms with Crippen LogP contribution in [0.4, 0.5) is 0 Å². The third-order valence-corrected chi connectivity index (χ3v) is 4.22. The Morgan fingerprint density at radius 2 is 1.60 bits per heavy atom.